The number of rotatable bonds is 1. The minimum absolute atomic E-state index is 0.0656. The summed E-state index contributed by atoms with van der Waals surface area (Å²) in [5.41, 5.74) is 9.73. The third kappa shape index (κ3) is 2.06. The second-order valence-electron chi connectivity index (χ2n) is 4.48. The monoisotopic (exact) mass is 317 g/mol. The first-order valence-corrected chi connectivity index (χ1v) is 6.58. The first-order chi connectivity index (χ1) is 9.04. The van der Waals surface area contributed by atoms with Crippen molar-refractivity contribution in [1.82, 2.24) is 9.97 Å². The van der Waals surface area contributed by atoms with E-state index in [9.17, 15) is 5.11 Å². The molecule has 2 aromatic carbocycles. The number of hydrogen-bond acceptors (Lipinski definition) is 3. The van der Waals surface area contributed by atoms with Crippen LogP contribution in [0, 0.1) is 6.92 Å². The standard InChI is InChI=1S/C14H12BrN3O/c1-7-4-9(15)6-11-13(7)18-14(17-11)8-2-3-10(16)12(19)5-8/h2-6,19H,16H2,1H3,(H,17,18). The summed E-state index contributed by atoms with van der Waals surface area (Å²) >= 11 is 3.47. The SMILES string of the molecule is Cc1cc(Br)cc2[nH]c(-c3ccc(N)c(O)c3)nc12. The summed E-state index contributed by atoms with van der Waals surface area (Å²) < 4.78 is 1.01. The van der Waals surface area contributed by atoms with Gasteiger partial charge < -0.3 is 15.8 Å². The number of aromatic hydroxyl groups is 1. The lowest BCUT2D eigenvalue weighted by Crippen LogP contribution is -1.86. The molecule has 1 heterocycles. The molecule has 1 aromatic heterocycles. The number of anilines is 1. The fourth-order valence-corrected chi connectivity index (χ4v) is 2.65. The van der Waals surface area contributed by atoms with E-state index in [0.717, 1.165) is 26.6 Å². The number of nitrogen functional groups attached to an aromatic ring is 1. The number of aromatic amines is 1. The van der Waals surface area contributed by atoms with Gasteiger partial charge in [-0.2, -0.15) is 0 Å². The zero-order valence-corrected chi connectivity index (χ0v) is 11.8. The first-order valence-electron chi connectivity index (χ1n) is 5.79. The second kappa shape index (κ2) is 4.28. The molecule has 3 aromatic rings. The van der Waals surface area contributed by atoms with Gasteiger partial charge in [-0.1, -0.05) is 15.9 Å². The summed E-state index contributed by atoms with van der Waals surface area (Å²) in [4.78, 5) is 7.81. The van der Waals surface area contributed by atoms with E-state index >= 15 is 0 Å². The van der Waals surface area contributed by atoms with Gasteiger partial charge in [-0.3, -0.25) is 0 Å². The number of nitrogens with two attached hydrogens (primary N) is 1. The van der Waals surface area contributed by atoms with E-state index < -0.39 is 0 Å². The number of nitrogens with zero attached hydrogens (tertiary/aromatic N) is 1. The van der Waals surface area contributed by atoms with Gasteiger partial charge in [-0.25, -0.2) is 4.98 Å². The number of fused-ring (bicyclic) bond motifs is 1. The zero-order valence-electron chi connectivity index (χ0n) is 10.2. The minimum Gasteiger partial charge on any atom is -0.506 e. The van der Waals surface area contributed by atoms with Crippen LogP contribution in [-0.4, -0.2) is 15.1 Å². The van der Waals surface area contributed by atoms with Gasteiger partial charge >= 0.3 is 0 Å². The van der Waals surface area contributed by atoms with E-state index in [2.05, 4.69) is 25.9 Å². The third-order valence-corrected chi connectivity index (χ3v) is 3.50. The molecule has 4 N–H and O–H groups in total. The number of aromatic nitrogens is 2. The van der Waals surface area contributed by atoms with Gasteiger partial charge in [0.05, 0.1) is 16.7 Å². The number of phenols is 1. The minimum atomic E-state index is 0.0656. The summed E-state index contributed by atoms with van der Waals surface area (Å²) in [5, 5.41) is 9.66. The lowest BCUT2D eigenvalue weighted by Gasteiger charge is -2.00. The van der Waals surface area contributed by atoms with Crippen molar-refractivity contribution in [2.75, 3.05) is 5.73 Å². The Kier molecular flexibility index (Phi) is 2.71. The van der Waals surface area contributed by atoms with Gasteiger partial charge in [0.1, 0.15) is 11.6 Å². The maximum Gasteiger partial charge on any atom is 0.139 e. The normalized spacial score (nSPS) is 11.1. The molecule has 0 bridgehead atoms. The fraction of sp³-hybridized carbons (Fsp3) is 0.0714. The predicted octanol–water partition coefficient (Wildman–Crippen LogP) is 3.59. The summed E-state index contributed by atoms with van der Waals surface area (Å²) in [6.45, 7) is 2.01. The van der Waals surface area contributed by atoms with Crippen LogP contribution in [0.3, 0.4) is 0 Å². The quantitative estimate of drug-likeness (QED) is 0.474. The van der Waals surface area contributed by atoms with Crippen molar-refractivity contribution in [2.24, 2.45) is 0 Å². The average Bonchev–Trinajstić information content (AvgIpc) is 2.76. The number of H-pyrrole nitrogens is 1. The van der Waals surface area contributed by atoms with E-state index in [1.165, 1.54) is 0 Å². The van der Waals surface area contributed by atoms with Crippen LogP contribution in [0.4, 0.5) is 5.69 Å². The van der Waals surface area contributed by atoms with E-state index in [-0.39, 0.29) is 5.75 Å². The van der Waals surface area contributed by atoms with E-state index in [1.54, 1.807) is 12.1 Å². The maximum atomic E-state index is 9.66. The van der Waals surface area contributed by atoms with Gasteiger partial charge in [0.15, 0.2) is 0 Å². The van der Waals surface area contributed by atoms with Crippen LogP contribution >= 0.6 is 15.9 Å². The molecular weight excluding hydrogens is 306 g/mol. The van der Waals surface area contributed by atoms with Crippen LogP contribution in [0.2, 0.25) is 0 Å². The zero-order chi connectivity index (χ0) is 13.6. The van der Waals surface area contributed by atoms with Gasteiger partial charge in [0.2, 0.25) is 0 Å². The Labute approximate surface area is 118 Å². The lowest BCUT2D eigenvalue weighted by atomic mass is 10.2. The predicted molar refractivity (Wildman–Crippen MR) is 80.0 cm³/mol. The number of hydrogen-bond donors (Lipinski definition) is 3. The molecule has 0 aliphatic heterocycles. The number of nitrogens with one attached hydrogen (secondary N) is 1. The van der Waals surface area contributed by atoms with Crippen molar-refractivity contribution in [3.8, 4) is 17.1 Å². The Morgan fingerprint density at radius 1 is 1.26 bits per heavy atom. The molecule has 19 heavy (non-hydrogen) atoms. The highest BCUT2D eigenvalue weighted by Crippen LogP contribution is 2.29. The largest absolute Gasteiger partial charge is 0.506 e. The molecule has 0 amide bonds. The van der Waals surface area contributed by atoms with Crippen LogP contribution in [0.15, 0.2) is 34.8 Å². The molecule has 0 saturated heterocycles. The molecule has 0 unspecified atom stereocenters. The summed E-state index contributed by atoms with van der Waals surface area (Å²) in [7, 11) is 0. The molecule has 0 spiro atoms. The Morgan fingerprint density at radius 3 is 2.79 bits per heavy atom. The molecular formula is C14H12BrN3O. The van der Waals surface area contributed by atoms with Crippen LogP contribution < -0.4 is 5.73 Å². The van der Waals surface area contributed by atoms with E-state index in [4.69, 9.17) is 5.73 Å². The molecule has 0 radical (unpaired) electrons. The molecule has 96 valence electrons. The molecule has 5 heteroatoms. The van der Waals surface area contributed by atoms with Crippen molar-refractivity contribution in [3.05, 3.63) is 40.4 Å². The van der Waals surface area contributed by atoms with Crippen molar-refractivity contribution in [2.45, 2.75) is 6.92 Å². The van der Waals surface area contributed by atoms with Gasteiger partial charge in [-0.15, -0.1) is 0 Å². The van der Waals surface area contributed by atoms with Crippen molar-refractivity contribution < 1.29 is 5.11 Å². The van der Waals surface area contributed by atoms with Gasteiger partial charge in [0.25, 0.3) is 0 Å². The first kappa shape index (κ1) is 12.0. The smallest absolute Gasteiger partial charge is 0.139 e. The molecule has 0 saturated carbocycles. The van der Waals surface area contributed by atoms with Gasteiger partial charge in [-0.05, 0) is 42.8 Å². The Morgan fingerprint density at radius 2 is 2.05 bits per heavy atom. The van der Waals surface area contributed by atoms with Crippen molar-refractivity contribution in [1.29, 1.82) is 0 Å². The molecule has 0 aliphatic rings. The second-order valence-corrected chi connectivity index (χ2v) is 5.39. The van der Waals surface area contributed by atoms with Gasteiger partial charge in [0, 0.05) is 10.0 Å². The van der Waals surface area contributed by atoms with Crippen LogP contribution in [0.5, 0.6) is 5.75 Å². The van der Waals surface area contributed by atoms with Crippen molar-refractivity contribution >= 4 is 32.7 Å². The number of imidazole rings is 1. The topological polar surface area (TPSA) is 74.9 Å². The van der Waals surface area contributed by atoms with Crippen LogP contribution in [-0.2, 0) is 0 Å². The number of aryl methyl sites for hydroxylation is 1. The number of halogens is 1. The summed E-state index contributed by atoms with van der Waals surface area (Å²) in [6, 6.07) is 9.11. The molecule has 0 atom stereocenters. The Balaban J connectivity index is 2.20. The van der Waals surface area contributed by atoms with Crippen LogP contribution in [0.25, 0.3) is 22.4 Å². The summed E-state index contributed by atoms with van der Waals surface area (Å²) in [5.74, 6) is 0.780. The summed E-state index contributed by atoms with van der Waals surface area (Å²) in [6.07, 6.45) is 0. The molecule has 0 aliphatic carbocycles. The maximum absolute atomic E-state index is 9.66. The average molecular weight is 318 g/mol. The molecule has 0 fully saturated rings. The van der Waals surface area contributed by atoms with E-state index in [0.29, 0.717) is 11.5 Å². The Hall–Kier alpha value is -2.01. The lowest BCUT2D eigenvalue weighted by molar-refractivity contribution is 0.478. The fourth-order valence-electron chi connectivity index (χ4n) is 2.07. The molecule has 3 rings (SSSR count). The molecule has 4 nitrogen and oxygen atoms in total. The third-order valence-electron chi connectivity index (χ3n) is 3.05. The highest BCUT2D eigenvalue weighted by Gasteiger charge is 2.09. The van der Waals surface area contributed by atoms with Crippen LogP contribution in [0.1, 0.15) is 5.56 Å². The number of benzene rings is 2. The van der Waals surface area contributed by atoms with Crippen molar-refractivity contribution in [3.63, 3.8) is 0 Å². The van der Waals surface area contributed by atoms with E-state index in [1.807, 2.05) is 25.1 Å². The number of phenolic OH excluding ortho intramolecular Hbond substituents is 1. The highest BCUT2D eigenvalue weighted by atomic mass is 79.9. The Bertz CT molecular complexity index is 780. The highest BCUT2D eigenvalue weighted by molar-refractivity contribution is 9.10.